The van der Waals surface area contributed by atoms with Crippen molar-refractivity contribution in [3.63, 3.8) is 0 Å². The summed E-state index contributed by atoms with van der Waals surface area (Å²) >= 11 is 0. The van der Waals surface area contributed by atoms with Gasteiger partial charge in [0.2, 0.25) is 0 Å². The van der Waals surface area contributed by atoms with Gasteiger partial charge in [-0.25, -0.2) is 0 Å². The third-order valence-corrected chi connectivity index (χ3v) is 15.8. The van der Waals surface area contributed by atoms with Crippen molar-refractivity contribution < 1.29 is 44.8 Å². The van der Waals surface area contributed by atoms with Gasteiger partial charge in [0.1, 0.15) is 24.4 Å². The fraction of sp³-hybridized carbons (Fsp3) is 0.944. The minimum Gasteiger partial charge on any atom is -0.396 e. The van der Waals surface area contributed by atoms with Gasteiger partial charge >= 0.3 is 0 Å². The number of fused-ring (bicyclic) bond motifs is 4. The van der Waals surface area contributed by atoms with Crippen LogP contribution >= 0.6 is 0 Å². The number of hydrogen-bond acceptors (Lipinski definition) is 9. The quantitative estimate of drug-likeness (QED) is 0.203. The molecule has 0 aromatic rings. The highest BCUT2D eigenvalue weighted by Crippen LogP contribution is 2.79. The van der Waals surface area contributed by atoms with Gasteiger partial charge in [-0.05, 0) is 79.4 Å². The molecule has 256 valence electrons. The lowest BCUT2D eigenvalue weighted by Crippen LogP contribution is -2.72. The highest BCUT2D eigenvalue weighted by Gasteiger charge is 2.79. The lowest BCUT2D eigenvalue weighted by molar-refractivity contribution is -0.334. The van der Waals surface area contributed by atoms with Crippen LogP contribution in [0.5, 0.6) is 0 Å². The molecule has 6 fully saturated rings. The first-order valence-corrected chi connectivity index (χ1v) is 17.6. The van der Waals surface area contributed by atoms with Crippen molar-refractivity contribution in [3.8, 4) is 0 Å². The van der Waals surface area contributed by atoms with Gasteiger partial charge in [-0.1, -0.05) is 53.7 Å². The van der Waals surface area contributed by atoms with E-state index in [1.165, 1.54) is 0 Å². The molecule has 0 aromatic carbocycles. The molecule has 4 saturated carbocycles. The molecule has 0 unspecified atom stereocenters. The second-order valence-corrected chi connectivity index (χ2v) is 18.2. The monoisotopic (exact) mass is 634 g/mol. The van der Waals surface area contributed by atoms with Crippen molar-refractivity contribution in [2.24, 2.45) is 50.2 Å². The van der Waals surface area contributed by atoms with Crippen LogP contribution in [-0.2, 0) is 14.2 Å². The van der Waals surface area contributed by atoms with Crippen LogP contribution in [-0.4, -0.2) is 99.0 Å². The van der Waals surface area contributed by atoms with Crippen LogP contribution in [0.4, 0.5) is 0 Å². The summed E-state index contributed by atoms with van der Waals surface area (Å²) in [4.78, 5) is 0. The molecule has 0 radical (unpaired) electrons. The van der Waals surface area contributed by atoms with Crippen molar-refractivity contribution in [3.05, 3.63) is 12.2 Å². The summed E-state index contributed by atoms with van der Waals surface area (Å²) in [6, 6.07) is 0. The van der Waals surface area contributed by atoms with E-state index in [2.05, 4.69) is 53.7 Å². The summed E-state index contributed by atoms with van der Waals surface area (Å²) in [7, 11) is 0. The highest BCUT2D eigenvalue weighted by atomic mass is 16.7. The van der Waals surface area contributed by atoms with Gasteiger partial charge in [0.05, 0.1) is 37.6 Å². The molecule has 5 aliphatic carbocycles. The number of allylic oxidation sites excluding steroid dienone is 1. The molecule has 2 bridgehead atoms. The van der Waals surface area contributed by atoms with Crippen LogP contribution in [0.2, 0.25) is 0 Å². The standard InChI is InChI=1S/C36H58O9/c1-30(2)13-14-35-19-43-36(23(35)15-30)12-8-22-31(3)10-9-25(45-29-28(42)27(41)26(40)20(17-37)44-29)32(4,18-38)21(31)7-11-33(22,5)34(36,6)16-24(35)39/h8,12,20-29,37-42H,7,9-11,13-19H2,1-6H3/t20-,21-,22-,23-,24+,25+,26-,27+,28-,29+,31+,32+,33-,34+,35-,36+/m1/s1. The number of ether oxygens (including phenoxy) is 3. The Hall–Kier alpha value is -0.620. The second kappa shape index (κ2) is 10.2. The van der Waals surface area contributed by atoms with Crippen molar-refractivity contribution >= 4 is 0 Å². The lowest BCUT2D eigenvalue weighted by atomic mass is 9.32. The van der Waals surface area contributed by atoms with E-state index in [4.69, 9.17) is 14.2 Å². The smallest absolute Gasteiger partial charge is 0.186 e. The predicted octanol–water partition coefficient (Wildman–Crippen LogP) is 2.93. The molecule has 16 atom stereocenters. The van der Waals surface area contributed by atoms with Crippen LogP contribution in [0.15, 0.2) is 12.2 Å². The molecule has 2 aliphatic heterocycles. The Balaban J connectivity index is 1.22. The molecule has 2 saturated heterocycles. The Kier molecular flexibility index (Phi) is 7.46. The summed E-state index contributed by atoms with van der Waals surface area (Å²) < 4.78 is 19.2. The molecule has 2 heterocycles. The van der Waals surface area contributed by atoms with E-state index in [-0.39, 0.29) is 57.5 Å². The zero-order valence-corrected chi connectivity index (χ0v) is 28.1. The molecule has 1 spiro atoms. The Morgan fingerprint density at radius 3 is 2.24 bits per heavy atom. The van der Waals surface area contributed by atoms with Crippen LogP contribution in [0.25, 0.3) is 0 Å². The Morgan fingerprint density at radius 2 is 1.56 bits per heavy atom. The normalized spacial score (nSPS) is 59.9. The molecular weight excluding hydrogens is 576 g/mol. The fourth-order valence-corrected chi connectivity index (χ4v) is 12.9. The van der Waals surface area contributed by atoms with Gasteiger partial charge in [-0.2, -0.15) is 0 Å². The third kappa shape index (κ3) is 3.99. The van der Waals surface area contributed by atoms with Gasteiger partial charge < -0.3 is 44.8 Å². The maximum atomic E-state index is 12.0. The van der Waals surface area contributed by atoms with Gasteiger partial charge in [0.25, 0.3) is 0 Å². The van der Waals surface area contributed by atoms with E-state index < -0.39 is 54.4 Å². The van der Waals surface area contributed by atoms with Gasteiger partial charge in [0.15, 0.2) is 6.29 Å². The second-order valence-electron chi connectivity index (χ2n) is 18.2. The van der Waals surface area contributed by atoms with Crippen molar-refractivity contribution in [2.75, 3.05) is 19.8 Å². The van der Waals surface area contributed by atoms with E-state index in [1.807, 2.05) is 0 Å². The predicted molar refractivity (Wildman–Crippen MR) is 166 cm³/mol. The average Bonchev–Trinajstić information content (AvgIpc) is 3.26. The van der Waals surface area contributed by atoms with Crippen LogP contribution in [0.3, 0.4) is 0 Å². The number of aliphatic hydroxyl groups excluding tert-OH is 6. The van der Waals surface area contributed by atoms with Crippen molar-refractivity contribution in [1.29, 1.82) is 0 Å². The molecule has 7 aliphatic rings. The fourth-order valence-electron chi connectivity index (χ4n) is 12.9. The summed E-state index contributed by atoms with van der Waals surface area (Å²) in [6.45, 7) is 14.1. The van der Waals surface area contributed by atoms with Crippen LogP contribution in [0, 0.1) is 50.2 Å². The Bertz CT molecular complexity index is 1210. The van der Waals surface area contributed by atoms with Gasteiger partial charge in [-0.15, -0.1) is 0 Å². The van der Waals surface area contributed by atoms with Crippen molar-refractivity contribution in [1.82, 2.24) is 0 Å². The topological polar surface area (TPSA) is 149 Å². The van der Waals surface area contributed by atoms with E-state index in [0.29, 0.717) is 13.0 Å². The number of hydrogen-bond donors (Lipinski definition) is 6. The zero-order chi connectivity index (χ0) is 32.6. The highest BCUT2D eigenvalue weighted by molar-refractivity contribution is 5.36. The summed E-state index contributed by atoms with van der Waals surface area (Å²) in [5, 5.41) is 64.2. The summed E-state index contributed by atoms with van der Waals surface area (Å²) in [6.07, 6.45) is 4.55. The van der Waals surface area contributed by atoms with Gasteiger partial charge in [0, 0.05) is 22.2 Å². The van der Waals surface area contributed by atoms with Crippen molar-refractivity contribution in [2.45, 2.75) is 141 Å². The number of rotatable bonds is 4. The molecular formula is C36H58O9. The minimum atomic E-state index is -1.51. The van der Waals surface area contributed by atoms with Crippen LogP contribution in [0.1, 0.15) is 92.9 Å². The first-order valence-electron chi connectivity index (χ1n) is 17.6. The molecule has 0 amide bonds. The van der Waals surface area contributed by atoms with Gasteiger partial charge in [-0.3, -0.25) is 0 Å². The molecule has 45 heavy (non-hydrogen) atoms. The minimum absolute atomic E-state index is 0.102. The maximum absolute atomic E-state index is 12.0. The summed E-state index contributed by atoms with van der Waals surface area (Å²) in [5.41, 5.74) is -1.57. The zero-order valence-electron chi connectivity index (χ0n) is 28.1. The molecule has 6 N–H and O–H groups in total. The summed E-state index contributed by atoms with van der Waals surface area (Å²) in [5.74, 6) is 0.594. The number of aliphatic hydroxyl groups is 6. The van der Waals surface area contributed by atoms with E-state index in [1.54, 1.807) is 0 Å². The van der Waals surface area contributed by atoms with E-state index >= 15 is 0 Å². The van der Waals surface area contributed by atoms with E-state index in [9.17, 15) is 30.6 Å². The first kappa shape index (κ1) is 32.9. The average molecular weight is 635 g/mol. The molecule has 9 nitrogen and oxygen atoms in total. The molecule has 9 heteroatoms. The van der Waals surface area contributed by atoms with Crippen LogP contribution < -0.4 is 0 Å². The maximum Gasteiger partial charge on any atom is 0.186 e. The Morgan fingerprint density at radius 1 is 0.822 bits per heavy atom. The Labute approximate surface area is 268 Å². The molecule has 0 aromatic heterocycles. The SMILES string of the molecule is CC1(C)CC[C@]23CO[C@@]4(C=C[C@@H]5[C@@]6(C)CC[C@H](O[C@@H]7O[C@H](CO)[C@@H](O)[C@H](O)[C@H]7O)[C@@](C)(CO)[C@@H]6CC[C@@]5(C)[C@]4(C)C[C@@H]2O)[C@@H]3C1. The van der Waals surface area contributed by atoms with E-state index in [0.717, 1.165) is 44.9 Å². The third-order valence-electron chi connectivity index (χ3n) is 15.8. The molecule has 7 rings (SSSR count). The lowest BCUT2D eigenvalue weighted by Gasteiger charge is -2.73. The largest absolute Gasteiger partial charge is 0.396 e. The first-order chi connectivity index (χ1) is 21.0.